The number of methoxy groups -OCH3 is 1. The van der Waals surface area contributed by atoms with Crippen LogP contribution < -0.4 is 19.5 Å². The number of para-hydroxylation sites is 2. The molecule has 0 fully saturated rings. The monoisotopic (exact) mass is 440 g/mol. The van der Waals surface area contributed by atoms with E-state index < -0.39 is 10.0 Å². The number of hydrogen-bond acceptors (Lipinski definition) is 5. The van der Waals surface area contributed by atoms with E-state index in [0.29, 0.717) is 29.4 Å². The number of ether oxygens (including phenoxy) is 2. The fourth-order valence-electron chi connectivity index (χ4n) is 3.01. The third-order valence-electron chi connectivity index (χ3n) is 4.55. The fraction of sp³-hybridized carbons (Fsp3) is 0.174. The number of carbonyl (C=O) groups excluding carboxylic acids is 1. The van der Waals surface area contributed by atoms with E-state index >= 15 is 0 Å². The lowest BCUT2D eigenvalue weighted by Gasteiger charge is -2.15. The molecule has 3 aromatic carbocycles. The standard InChI is InChI=1S/C23H24N2O5S/c1-4-30-22-12-8-7-11-19(22)25-31(27,28)17-13-14-21(29-3)20(15-17)24-23(26)18-10-6-5-9-16(18)2/h5-15,25H,4H2,1-3H3,(H,24,26). The van der Waals surface area contributed by atoms with Gasteiger partial charge in [-0.2, -0.15) is 0 Å². The molecule has 3 aromatic rings. The molecule has 1 amide bonds. The molecule has 0 unspecified atom stereocenters. The largest absolute Gasteiger partial charge is 0.495 e. The van der Waals surface area contributed by atoms with Crippen molar-refractivity contribution in [1.82, 2.24) is 0 Å². The Labute approximate surface area is 182 Å². The number of amides is 1. The van der Waals surface area contributed by atoms with Crippen molar-refractivity contribution in [3.05, 3.63) is 77.9 Å². The van der Waals surface area contributed by atoms with Gasteiger partial charge in [0.2, 0.25) is 0 Å². The van der Waals surface area contributed by atoms with Crippen molar-refractivity contribution < 1.29 is 22.7 Å². The molecule has 0 spiro atoms. The van der Waals surface area contributed by atoms with E-state index in [1.54, 1.807) is 36.4 Å². The molecule has 0 saturated heterocycles. The van der Waals surface area contributed by atoms with Gasteiger partial charge in [0.05, 0.1) is 30.0 Å². The number of anilines is 2. The van der Waals surface area contributed by atoms with Crippen LogP contribution in [0.25, 0.3) is 0 Å². The second kappa shape index (κ2) is 9.53. The minimum Gasteiger partial charge on any atom is -0.495 e. The van der Waals surface area contributed by atoms with Crippen molar-refractivity contribution in [2.45, 2.75) is 18.7 Å². The SMILES string of the molecule is CCOc1ccccc1NS(=O)(=O)c1ccc(OC)c(NC(=O)c2ccccc2C)c1. The number of rotatable bonds is 8. The molecular formula is C23H24N2O5S. The highest BCUT2D eigenvalue weighted by molar-refractivity contribution is 7.92. The Kier molecular flexibility index (Phi) is 6.81. The highest BCUT2D eigenvalue weighted by Crippen LogP contribution is 2.31. The number of benzene rings is 3. The van der Waals surface area contributed by atoms with E-state index in [1.165, 1.54) is 25.3 Å². The first-order valence-electron chi connectivity index (χ1n) is 9.65. The topological polar surface area (TPSA) is 93.7 Å². The van der Waals surface area contributed by atoms with E-state index in [0.717, 1.165) is 5.56 Å². The third kappa shape index (κ3) is 5.16. The Morgan fingerprint density at radius 1 is 0.935 bits per heavy atom. The molecule has 31 heavy (non-hydrogen) atoms. The number of carbonyl (C=O) groups is 1. The first-order chi connectivity index (χ1) is 14.9. The van der Waals surface area contributed by atoms with Crippen molar-refractivity contribution in [1.29, 1.82) is 0 Å². The second-order valence-electron chi connectivity index (χ2n) is 6.67. The Bertz CT molecular complexity index is 1190. The molecule has 7 nitrogen and oxygen atoms in total. The van der Waals surface area contributed by atoms with Crippen LogP contribution in [0.2, 0.25) is 0 Å². The van der Waals surface area contributed by atoms with Crippen LogP contribution in [0.4, 0.5) is 11.4 Å². The van der Waals surface area contributed by atoms with Gasteiger partial charge in [-0.15, -0.1) is 0 Å². The number of nitrogens with one attached hydrogen (secondary N) is 2. The Morgan fingerprint density at radius 2 is 1.65 bits per heavy atom. The lowest BCUT2D eigenvalue weighted by Crippen LogP contribution is -2.16. The average Bonchev–Trinajstić information content (AvgIpc) is 2.75. The molecule has 3 rings (SSSR count). The van der Waals surface area contributed by atoms with Crippen molar-refractivity contribution in [3.63, 3.8) is 0 Å². The van der Waals surface area contributed by atoms with Crippen LogP contribution in [0.15, 0.2) is 71.6 Å². The number of sulfonamides is 1. The summed E-state index contributed by atoms with van der Waals surface area (Å²) in [5.74, 6) is 0.409. The van der Waals surface area contributed by atoms with Crippen LogP contribution in [-0.2, 0) is 10.0 Å². The van der Waals surface area contributed by atoms with E-state index in [1.807, 2.05) is 26.0 Å². The summed E-state index contributed by atoms with van der Waals surface area (Å²) in [6.07, 6.45) is 0. The normalized spacial score (nSPS) is 10.9. The van der Waals surface area contributed by atoms with Gasteiger partial charge in [0.25, 0.3) is 15.9 Å². The molecule has 8 heteroatoms. The van der Waals surface area contributed by atoms with Gasteiger partial charge in [-0.3, -0.25) is 9.52 Å². The summed E-state index contributed by atoms with van der Waals surface area (Å²) in [6, 6.07) is 18.2. The van der Waals surface area contributed by atoms with Gasteiger partial charge in [-0.1, -0.05) is 30.3 Å². The van der Waals surface area contributed by atoms with Crippen LogP contribution in [0.5, 0.6) is 11.5 Å². The zero-order valence-electron chi connectivity index (χ0n) is 17.5. The summed E-state index contributed by atoms with van der Waals surface area (Å²) in [4.78, 5) is 12.7. The molecule has 0 aromatic heterocycles. The smallest absolute Gasteiger partial charge is 0.262 e. The molecule has 0 atom stereocenters. The highest BCUT2D eigenvalue weighted by Gasteiger charge is 2.20. The minimum absolute atomic E-state index is 0.0281. The first kappa shape index (κ1) is 22.2. The van der Waals surface area contributed by atoms with Crippen molar-refractivity contribution in [2.24, 2.45) is 0 Å². The van der Waals surface area contributed by atoms with Crippen molar-refractivity contribution >= 4 is 27.3 Å². The molecule has 0 radical (unpaired) electrons. The molecular weight excluding hydrogens is 416 g/mol. The predicted octanol–water partition coefficient (Wildman–Crippen LogP) is 4.46. The van der Waals surface area contributed by atoms with E-state index in [2.05, 4.69) is 10.0 Å². The van der Waals surface area contributed by atoms with Gasteiger partial charge in [0.1, 0.15) is 11.5 Å². The van der Waals surface area contributed by atoms with E-state index in [9.17, 15) is 13.2 Å². The zero-order valence-corrected chi connectivity index (χ0v) is 18.3. The Morgan fingerprint density at radius 3 is 2.35 bits per heavy atom. The Balaban J connectivity index is 1.92. The summed E-state index contributed by atoms with van der Waals surface area (Å²) in [6.45, 7) is 4.04. The molecule has 0 aliphatic rings. The maximum atomic E-state index is 13.0. The van der Waals surface area contributed by atoms with Gasteiger partial charge < -0.3 is 14.8 Å². The van der Waals surface area contributed by atoms with Gasteiger partial charge in [0, 0.05) is 5.56 Å². The lowest BCUT2D eigenvalue weighted by molar-refractivity contribution is 0.102. The quantitative estimate of drug-likeness (QED) is 0.540. The van der Waals surface area contributed by atoms with E-state index in [4.69, 9.17) is 9.47 Å². The van der Waals surface area contributed by atoms with Crippen LogP contribution in [0.3, 0.4) is 0 Å². The van der Waals surface area contributed by atoms with Crippen LogP contribution in [0, 0.1) is 6.92 Å². The number of aryl methyl sites for hydroxylation is 1. The summed E-state index contributed by atoms with van der Waals surface area (Å²) in [5, 5.41) is 2.75. The molecule has 0 aliphatic carbocycles. The molecule has 0 aliphatic heterocycles. The summed E-state index contributed by atoms with van der Waals surface area (Å²) < 4.78 is 39.3. The Hall–Kier alpha value is -3.52. The molecule has 0 saturated carbocycles. The van der Waals surface area contributed by atoms with Crippen LogP contribution in [0.1, 0.15) is 22.8 Å². The maximum absolute atomic E-state index is 13.0. The van der Waals surface area contributed by atoms with Gasteiger partial charge in [-0.25, -0.2) is 8.42 Å². The van der Waals surface area contributed by atoms with E-state index in [-0.39, 0.29) is 16.5 Å². The van der Waals surface area contributed by atoms with Gasteiger partial charge in [0.15, 0.2) is 0 Å². The minimum atomic E-state index is -3.95. The fourth-order valence-corrected chi connectivity index (χ4v) is 4.10. The molecule has 0 heterocycles. The average molecular weight is 441 g/mol. The molecule has 162 valence electrons. The second-order valence-corrected chi connectivity index (χ2v) is 8.35. The maximum Gasteiger partial charge on any atom is 0.262 e. The zero-order chi connectivity index (χ0) is 22.4. The highest BCUT2D eigenvalue weighted by atomic mass is 32.2. The van der Waals surface area contributed by atoms with Crippen LogP contribution in [-0.4, -0.2) is 28.0 Å². The number of hydrogen-bond donors (Lipinski definition) is 2. The van der Waals surface area contributed by atoms with Crippen molar-refractivity contribution in [3.8, 4) is 11.5 Å². The van der Waals surface area contributed by atoms with Gasteiger partial charge in [-0.05, 0) is 55.8 Å². The summed E-state index contributed by atoms with van der Waals surface area (Å²) in [5.41, 5.74) is 1.86. The third-order valence-corrected chi connectivity index (χ3v) is 5.91. The first-order valence-corrected chi connectivity index (χ1v) is 11.1. The van der Waals surface area contributed by atoms with Crippen LogP contribution >= 0.6 is 0 Å². The van der Waals surface area contributed by atoms with Gasteiger partial charge >= 0.3 is 0 Å². The summed E-state index contributed by atoms with van der Waals surface area (Å²) in [7, 11) is -2.50. The van der Waals surface area contributed by atoms with Crippen molar-refractivity contribution in [2.75, 3.05) is 23.8 Å². The molecule has 2 N–H and O–H groups in total. The lowest BCUT2D eigenvalue weighted by atomic mass is 10.1. The molecule has 0 bridgehead atoms. The predicted molar refractivity (Wildman–Crippen MR) is 121 cm³/mol. The summed E-state index contributed by atoms with van der Waals surface area (Å²) >= 11 is 0.